The van der Waals surface area contributed by atoms with Crippen LogP contribution in [0.4, 0.5) is 21.6 Å². The first-order valence-corrected chi connectivity index (χ1v) is 8.32. The molecule has 0 spiro atoms. The molecule has 8 heteroatoms. The number of nitrogens with one attached hydrogen (secondary N) is 2. The molecule has 0 fully saturated rings. The minimum absolute atomic E-state index is 0.00481. The SMILES string of the molecule is O=C(CCCO)Nc1ccc2ncnc(Nc3ccc(F)c(Cl)c3)c2c1. The third-order valence-corrected chi connectivity index (χ3v) is 3.95. The highest BCUT2D eigenvalue weighted by Crippen LogP contribution is 2.27. The molecule has 0 saturated heterocycles. The summed E-state index contributed by atoms with van der Waals surface area (Å²) in [5.74, 6) is -0.183. The third-order valence-electron chi connectivity index (χ3n) is 3.66. The summed E-state index contributed by atoms with van der Waals surface area (Å²) < 4.78 is 13.3. The molecular formula is C18H16ClFN4O2. The molecule has 2 aromatic carbocycles. The Morgan fingerprint density at radius 2 is 1.96 bits per heavy atom. The molecule has 0 unspecified atom stereocenters. The summed E-state index contributed by atoms with van der Waals surface area (Å²) in [6.45, 7) is -0.0344. The summed E-state index contributed by atoms with van der Waals surface area (Å²) in [6, 6.07) is 9.54. The number of carbonyl (C=O) groups is 1. The van der Waals surface area contributed by atoms with Gasteiger partial charge in [-0.3, -0.25) is 4.79 Å². The minimum atomic E-state index is -0.502. The van der Waals surface area contributed by atoms with Crippen LogP contribution in [-0.4, -0.2) is 27.6 Å². The maximum atomic E-state index is 13.3. The van der Waals surface area contributed by atoms with Crippen LogP contribution in [0, 0.1) is 5.82 Å². The standard InChI is InChI=1S/C18H16ClFN4O2/c19-14-9-12(3-5-15(14)20)24-18-13-8-11(23-17(26)2-1-7-25)4-6-16(13)21-10-22-18/h3-6,8-10,25H,1-2,7H2,(H,23,26)(H,21,22,24). The zero-order chi connectivity index (χ0) is 18.5. The van der Waals surface area contributed by atoms with E-state index in [0.717, 1.165) is 0 Å². The average molecular weight is 375 g/mol. The van der Waals surface area contributed by atoms with Crippen molar-refractivity contribution >= 4 is 45.6 Å². The zero-order valence-electron chi connectivity index (χ0n) is 13.7. The summed E-state index contributed by atoms with van der Waals surface area (Å²) >= 11 is 5.81. The molecule has 3 aromatic rings. The molecule has 0 bridgehead atoms. The first-order chi connectivity index (χ1) is 12.6. The smallest absolute Gasteiger partial charge is 0.224 e. The van der Waals surface area contributed by atoms with E-state index in [0.29, 0.717) is 34.5 Å². The molecule has 134 valence electrons. The normalized spacial score (nSPS) is 10.7. The van der Waals surface area contributed by atoms with Crippen molar-refractivity contribution in [2.45, 2.75) is 12.8 Å². The number of fused-ring (bicyclic) bond motifs is 1. The fourth-order valence-corrected chi connectivity index (χ4v) is 2.59. The summed E-state index contributed by atoms with van der Waals surface area (Å²) in [6.07, 6.45) is 2.05. The Morgan fingerprint density at radius 1 is 1.15 bits per heavy atom. The van der Waals surface area contributed by atoms with E-state index in [1.165, 1.54) is 18.5 Å². The van der Waals surface area contributed by atoms with Gasteiger partial charge in [0.1, 0.15) is 18.0 Å². The Morgan fingerprint density at radius 3 is 2.73 bits per heavy atom. The molecule has 1 aromatic heterocycles. The maximum absolute atomic E-state index is 13.3. The van der Waals surface area contributed by atoms with Crippen molar-refractivity contribution in [3.63, 3.8) is 0 Å². The zero-order valence-corrected chi connectivity index (χ0v) is 14.4. The van der Waals surface area contributed by atoms with E-state index in [4.69, 9.17) is 16.7 Å². The number of carbonyl (C=O) groups excluding carboxylic acids is 1. The van der Waals surface area contributed by atoms with Crippen LogP contribution < -0.4 is 10.6 Å². The largest absolute Gasteiger partial charge is 0.396 e. The summed E-state index contributed by atoms with van der Waals surface area (Å²) in [5.41, 5.74) is 1.85. The Balaban J connectivity index is 1.88. The molecule has 0 aliphatic rings. The molecule has 3 N–H and O–H groups in total. The quantitative estimate of drug-likeness (QED) is 0.609. The van der Waals surface area contributed by atoms with Gasteiger partial charge in [0, 0.05) is 29.8 Å². The van der Waals surface area contributed by atoms with Gasteiger partial charge in [-0.2, -0.15) is 0 Å². The first kappa shape index (κ1) is 18.0. The van der Waals surface area contributed by atoms with Crippen molar-refractivity contribution in [3.8, 4) is 0 Å². The van der Waals surface area contributed by atoms with Crippen molar-refractivity contribution in [1.29, 1.82) is 0 Å². The van der Waals surface area contributed by atoms with Gasteiger partial charge in [0.15, 0.2) is 0 Å². The second-order valence-electron chi connectivity index (χ2n) is 5.58. The van der Waals surface area contributed by atoms with Crippen molar-refractivity contribution in [2.24, 2.45) is 0 Å². The van der Waals surface area contributed by atoms with Gasteiger partial charge in [0.25, 0.3) is 0 Å². The number of aromatic nitrogens is 2. The van der Waals surface area contributed by atoms with Gasteiger partial charge >= 0.3 is 0 Å². The van der Waals surface area contributed by atoms with Gasteiger partial charge in [-0.1, -0.05) is 11.6 Å². The van der Waals surface area contributed by atoms with Crippen LogP contribution in [0.3, 0.4) is 0 Å². The van der Waals surface area contributed by atoms with E-state index in [1.807, 2.05) is 0 Å². The highest BCUT2D eigenvalue weighted by molar-refractivity contribution is 6.31. The lowest BCUT2D eigenvalue weighted by molar-refractivity contribution is -0.116. The van der Waals surface area contributed by atoms with Crippen LogP contribution in [0.5, 0.6) is 0 Å². The topological polar surface area (TPSA) is 87.1 Å². The number of aliphatic hydroxyl groups excluding tert-OH is 1. The van der Waals surface area contributed by atoms with Gasteiger partial charge in [-0.25, -0.2) is 14.4 Å². The summed E-state index contributed by atoms with van der Waals surface area (Å²) in [7, 11) is 0. The molecular weight excluding hydrogens is 359 g/mol. The highest BCUT2D eigenvalue weighted by Gasteiger charge is 2.09. The number of benzene rings is 2. The van der Waals surface area contributed by atoms with E-state index in [2.05, 4.69) is 20.6 Å². The van der Waals surface area contributed by atoms with Crippen LogP contribution in [0.15, 0.2) is 42.7 Å². The van der Waals surface area contributed by atoms with Crippen LogP contribution in [0.25, 0.3) is 10.9 Å². The van der Waals surface area contributed by atoms with Crippen molar-refractivity contribution in [1.82, 2.24) is 9.97 Å². The van der Waals surface area contributed by atoms with Crippen LogP contribution in [-0.2, 0) is 4.79 Å². The monoisotopic (exact) mass is 374 g/mol. The number of nitrogens with zero attached hydrogens (tertiary/aromatic N) is 2. The molecule has 0 atom stereocenters. The van der Waals surface area contributed by atoms with Crippen molar-refractivity contribution in [3.05, 3.63) is 53.6 Å². The fourth-order valence-electron chi connectivity index (χ4n) is 2.41. The number of hydrogen-bond acceptors (Lipinski definition) is 5. The van der Waals surface area contributed by atoms with Crippen molar-refractivity contribution < 1.29 is 14.3 Å². The van der Waals surface area contributed by atoms with E-state index in [9.17, 15) is 9.18 Å². The molecule has 26 heavy (non-hydrogen) atoms. The van der Waals surface area contributed by atoms with Gasteiger partial charge < -0.3 is 15.7 Å². The van der Waals surface area contributed by atoms with E-state index in [1.54, 1.807) is 24.3 Å². The number of amides is 1. The van der Waals surface area contributed by atoms with E-state index in [-0.39, 0.29) is 24.0 Å². The molecule has 0 saturated carbocycles. The Bertz CT molecular complexity index is 952. The third kappa shape index (κ3) is 4.25. The van der Waals surface area contributed by atoms with Gasteiger partial charge in [0.05, 0.1) is 10.5 Å². The van der Waals surface area contributed by atoms with Gasteiger partial charge in [-0.15, -0.1) is 0 Å². The van der Waals surface area contributed by atoms with E-state index < -0.39 is 5.82 Å². The second kappa shape index (κ2) is 8.07. The van der Waals surface area contributed by atoms with Gasteiger partial charge in [0.2, 0.25) is 5.91 Å². The summed E-state index contributed by atoms with van der Waals surface area (Å²) in [4.78, 5) is 20.3. The molecule has 6 nitrogen and oxygen atoms in total. The van der Waals surface area contributed by atoms with Crippen LogP contribution in [0.1, 0.15) is 12.8 Å². The lowest BCUT2D eigenvalue weighted by atomic mass is 10.2. The average Bonchev–Trinajstić information content (AvgIpc) is 2.63. The Kier molecular flexibility index (Phi) is 5.60. The molecule has 0 radical (unpaired) electrons. The van der Waals surface area contributed by atoms with Crippen molar-refractivity contribution in [2.75, 3.05) is 17.2 Å². The fraction of sp³-hybridized carbons (Fsp3) is 0.167. The van der Waals surface area contributed by atoms with E-state index >= 15 is 0 Å². The molecule has 3 rings (SSSR count). The maximum Gasteiger partial charge on any atom is 0.224 e. The molecule has 1 heterocycles. The lowest BCUT2D eigenvalue weighted by Gasteiger charge is -2.11. The Hall–Kier alpha value is -2.77. The molecule has 0 aliphatic carbocycles. The van der Waals surface area contributed by atoms with Gasteiger partial charge in [-0.05, 0) is 42.8 Å². The number of hydrogen-bond donors (Lipinski definition) is 3. The minimum Gasteiger partial charge on any atom is -0.396 e. The second-order valence-corrected chi connectivity index (χ2v) is 5.99. The number of anilines is 3. The predicted molar refractivity (Wildman–Crippen MR) is 99.2 cm³/mol. The summed E-state index contributed by atoms with van der Waals surface area (Å²) in [5, 5.41) is 15.3. The van der Waals surface area contributed by atoms with Crippen LogP contribution in [0.2, 0.25) is 5.02 Å². The lowest BCUT2D eigenvalue weighted by Crippen LogP contribution is -2.11. The first-order valence-electron chi connectivity index (χ1n) is 7.94. The molecule has 1 amide bonds. The number of aliphatic hydroxyl groups is 1. The predicted octanol–water partition coefficient (Wildman–Crippen LogP) is 3.88. The number of halogens is 2. The molecule has 0 aliphatic heterocycles. The Labute approximate surface area is 154 Å². The number of rotatable bonds is 6. The highest BCUT2D eigenvalue weighted by atomic mass is 35.5. The van der Waals surface area contributed by atoms with Crippen LogP contribution >= 0.6 is 11.6 Å².